The molecule has 0 heterocycles. The Morgan fingerprint density at radius 1 is 0.933 bits per heavy atom. The summed E-state index contributed by atoms with van der Waals surface area (Å²) in [7, 11) is 1.68. The van der Waals surface area contributed by atoms with Crippen LogP contribution >= 0.6 is 0 Å². The first-order valence-electron chi connectivity index (χ1n) is 9.59. The molecule has 0 fully saturated rings. The molecule has 0 bridgehead atoms. The number of amides is 1. The van der Waals surface area contributed by atoms with Crippen molar-refractivity contribution in [1.82, 2.24) is 4.90 Å². The average Bonchev–Trinajstić information content (AvgIpc) is 2.79. The molecule has 0 radical (unpaired) electrons. The van der Waals surface area contributed by atoms with Crippen LogP contribution in [0.1, 0.15) is 28.4 Å². The Morgan fingerprint density at radius 3 is 2.23 bits per heavy atom. The number of hydrogen-bond donors (Lipinski definition) is 0. The molecule has 3 aromatic carbocycles. The van der Waals surface area contributed by atoms with Gasteiger partial charge < -0.3 is 9.64 Å². The first-order chi connectivity index (χ1) is 14.5. The molecule has 150 valence electrons. The van der Waals surface area contributed by atoms with Crippen LogP contribution in [-0.4, -0.2) is 29.9 Å². The number of nitrogens with zero attached hydrogens (tertiary/aromatic N) is 2. The third kappa shape index (κ3) is 4.73. The first kappa shape index (κ1) is 20.8. The lowest BCUT2D eigenvalue weighted by molar-refractivity contribution is -0.139. The van der Waals surface area contributed by atoms with Gasteiger partial charge in [-0.2, -0.15) is 5.26 Å². The maximum atomic E-state index is 12.9. The SMILES string of the molecule is C[C@H](OC(=O)c1ccccc1-c1ccccc1C#N)C(=O)N(C)Cc1ccccc1. The highest BCUT2D eigenvalue weighted by Crippen LogP contribution is 2.27. The van der Waals surface area contributed by atoms with Crippen molar-refractivity contribution in [3.8, 4) is 17.2 Å². The summed E-state index contributed by atoms with van der Waals surface area (Å²) < 4.78 is 5.48. The van der Waals surface area contributed by atoms with E-state index < -0.39 is 12.1 Å². The molecule has 0 N–H and O–H groups in total. The van der Waals surface area contributed by atoms with Gasteiger partial charge in [0.2, 0.25) is 0 Å². The van der Waals surface area contributed by atoms with Gasteiger partial charge in [0.15, 0.2) is 6.10 Å². The molecular formula is C25H22N2O3. The van der Waals surface area contributed by atoms with E-state index in [-0.39, 0.29) is 5.91 Å². The van der Waals surface area contributed by atoms with E-state index in [0.29, 0.717) is 28.8 Å². The molecule has 5 nitrogen and oxygen atoms in total. The van der Waals surface area contributed by atoms with Crippen LogP contribution in [0.15, 0.2) is 78.9 Å². The molecule has 0 unspecified atom stereocenters. The number of hydrogen-bond acceptors (Lipinski definition) is 4. The van der Waals surface area contributed by atoms with E-state index in [1.807, 2.05) is 36.4 Å². The van der Waals surface area contributed by atoms with Crippen LogP contribution in [0.25, 0.3) is 11.1 Å². The third-order valence-corrected chi connectivity index (χ3v) is 4.76. The minimum Gasteiger partial charge on any atom is -0.449 e. The number of likely N-dealkylation sites (N-methyl/N-ethyl adjacent to an activating group) is 1. The fraction of sp³-hybridized carbons (Fsp3) is 0.160. The highest BCUT2D eigenvalue weighted by molar-refractivity contribution is 5.99. The van der Waals surface area contributed by atoms with Crippen molar-refractivity contribution in [2.75, 3.05) is 7.05 Å². The minimum atomic E-state index is -0.939. The van der Waals surface area contributed by atoms with Gasteiger partial charge in [-0.1, -0.05) is 66.7 Å². The average molecular weight is 398 g/mol. The predicted molar refractivity (Wildman–Crippen MR) is 114 cm³/mol. The number of benzene rings is 3. The van der Waals surface area contributed by atoms with Crippen LogP contribution in [0.2, 0.25) is 0 Å². The van der Waals surface area contributed by atoms with Gasteiger partial charge in [0.05, 0.1) is 17.2 Å². The topological polar surface area (TPSA) is 70.4 Å². The van der Waals surface area contributed by atoms with E-state index in [0.717, 1.165) is 5.56 Å². The van der Waals surface area contributed by atoms with E-state index in [1.54, 1.807) is 56.4 Å². The third-order valence-electron chi connectivity index (χ3n) is 4.76. The van der Waals surface area contributed by atoms with E-state index in [4.69, 9.17) is 4.74 Å². The Labute approximate surface area is 176 Å². The molecule has 3 aromatic rings. The van der Waals surface area contributed by atoms with Crippen LogP contribution in [-0.2, 0) is 16.1 Å². The van der Waals surface area contributed by atoms with Crippen molar-refractivity contribution in [2.45, 2.75) is 19.6 Å². The number of carbonyl (C=O) groups excluding carboxylic acids is 2. The first-order valence-corrected chi connectivity index (χ1v) is 9.59. The highest BCUT2D eigenvalue weighted by atomic mass is 16.5. The highest BCUT2D eigenvalue weighted by Gasteiger charge is 2.24. The van der Waals surface area contributed by atoms with E-state index >= 15 is 0 Å². The minimum absolute atomic E-state index is 0.290. The summed E-state index contributed by atoms with van der Waals surface area (Å²) in [6.07, 6.45) is -0.939. The van der Waals surface area contributed by atoms with Gasteiger partial charge in [0.25, 0.3) is 5.91 Å². The molecule has 5 heteroatoms. The molecule has 30 heavy (non-hydrogen) atoms. The summed E-state index contributed by atoms with van der Waals surface area (Å²) in [6, 6.07) is 25.7. The molecule has 0 aliphatic carbocycles. The van der Waals surface area contributed by atoms with E-state index in [2.05, 4.69) is 6.07 Å². The van der Waals surface area contributed by atoms with Gasteiger partial charge in [-0.25, -0.2) is 4.79 Å². The zero-order valence-corrected chi connectivity index (χ0v) is 16.9. The van der Waals surface area contributed by atoms with Crippen molar-refractivity contribution in [3.63, 3.8) is 0 Å². The van der Waals surface area contributed by atoms with Gasteiger partial charge in [0.1, 0.15) is 0 Å². The van der Waals surface area contributed by atoms with E-state index in [1.165, 1.54) is 4.90 Å². The molecule has 1 amide bonds. The molecule has 0 saturated carbocycles. The summed E-state index contributed by atoms with van der Waals surface area (Å²) in [5.41, 5.74) is 3.00. The normalized spacial score (nSPS) is 11.2. The summed E-state index contributed by atoms with van der Waals surface area (Å²) in [4.78, 5) is 27.1. The van der Waals surface area contributed by atoms with Crippen LogP contribution in [0.5, 0.6) is 0 Å². The van der Waals surface area contributed by atoms with Gasteiger partial charge in [0, 0.05) is 19.2 Å². The van der Waals surface area contributed by atoms with Crippen LogP contribution in [0.3, 0.4) is 0 Å². The molecule has 3 rings (SSSR count). The molecule has 1 atom stereocenters. The molecule has 0 aliphatic heterocycles. The van der Waals surface area contributed by atoms with Crippen molar-refractivity contribution < 1.29 is 14.3 Å². The van der Waals surface area contributed by atoms with Crippen LogP contribution in [0.4, 0.5) is 0 Å². The van der Waals surface area contributed by atoms with E-state index in [9.17, 15) is 14.9 Å². The monoisotopic (exact) mass is 398 g/mol. The second-order valence-corrected chi connectivity index (χ2v) is 6.93. The van der Waals surface area contributed by atoms with Gasteiger partial charge in [-0.15, -0.1) is 0 Å². The fourth-order valence-corrected chi connectivity index (χ4v) is 3.23. The maximum Gasteiger partial charge on any atom is 0.339 e. The summed E-state index contributed by atoms with van der Waals surface area (Å²) in [5, 5.41) is 9.39. The quantitative estimate of drug-likeness (QED) is 0.576. The lowest BCUT2D eigenvalue weighted by Gasteiger charge is -2.22. The summed E-state index contributed by atoms with van der Waals surface area (Å²) in [5.74, 6) is -0.894. The fourth-order valence-electron chi connectivity index (χ4n) is 3.23. The number of carbonyl (C=O) groups is 2. The lowest BCUT2D eigenvalue weighted by Crippen LogP contribution is -2.37. The Hall–Kier alpha value is -3.91. The van der Waals surface area contributed by atoms with Crippen LogP contribution in [0, 0.1) is 11.3 Å². The van der Waals surface area contributed by atoms with Gasteiger partial charge in [-0.3, -0.25) is 4.79 Å². The zero-order chi connectivity index (χ0) is 21.5. The number of esters is 1. The molecule has 0 aromatic heterocycles. The second kappa shape index (κ2) is 9.53. The Morgan fingerprint density at radius 2 is 1.53 bits per heavy atom. The Balaban J connectivity index is 1.76. The summed E-state index contributed by atoms with van der Waals surface area (Å²) >= 11 is 0. The van der Waals surface area contributed by atoms with Crippen molar-refractivity contribution >= 4 is 11.9 Å². The van der Waals surface area contributed by atoms with Gasteiger partial charge in [-0.05, 0) is 30.2 Å². The smallest absolute Gasteiger partial charge is 0.339 e. The lowest BCUT2D eigenvalue weighted by atomic mass is 9.96. The largest absolute Gasteiger partial charge is 0.449 e. The standard InChI is InChI=1S/C25H22N2O3/c1-18(24(28)27(2)17-19-10-4-3-5-11-19)30-25(29)23-15-9-8-14-22(23)21-13-7-6-12-20(21)16-26/h3-15,18H,17H2,1-2H3/t18-/m0/s1. The second-order valence-electron chi connectivity index (χ2n) is 6.93. The van der Waals surface area contributed by atoms with Crippen molar-refractivity contribution in [2.24, 2.45) is 0 Å². The zero-order valence-electron chi connectivity index (χ0n) is 16.9. The maximum absolute atomic E-state index is 12.9. The number of rotatable bonds is 6. The van der Waals surface area contributed by atoms with Gasteiger partial charge >= 0.3 is 5.97 Å². The molecule has 0 saturated heterocycles. The molecular weight excluding hydrogens is 376 g/mol. The molecule has 0 aliphatic rings. The predicted octanol–water partition coefficient (Wildman–Crippen LogP) is 4.43. The Kier molecular flexibility index (Phi) is 6.61. The molecule has 0 spiro atoms. The summed E-state index contributed by atoms with van der Waals surface area (Å²) in [6.45, 7) is 1.99. The Bertz CT molecular complexity index is 1090. The van der Waals surface area contributed by atoms with Crippen molar-refractivity contribution in [3.05, 3.63) is 95.6 Å². The van der Waals surface area contributed by atoms with Crippen molar-refractivity contribution in [1.29, 1.82) is 5.26 Å². The van der Waals surface area contributed by atoms with Crippen LogP contribution < -0.4 is 0 Å². The number of ether oxygens (including phenoxy) is 1. The number of nitriles is 1.